The first-order valence-electron chi connectivity index (χ1n) is 5.05. The van der Waals surface area contributed by atoms with E-state index in [0.717, 1.165) is 21.8 Å². The number of hydrogen-bond acceptors (Lipinski definition) is 4. The first-order valence-corrected chi connectivity index (χ1v) is 6.34. The summed E-state index contributed by atoms with van der Waals surface area (Å²) in [5.41, 5.74) is 2.74. The molecule has 3 nitrogen and oxygen atoms in total. The van der Waals surface area contributed by atoms with E-state index in [1.807, 2.05) is 29.6 Å². The molecule has 0 bridgehead atoms. The van der Waals surface area contributed by atoms with E-state index in [-0.39, 0.29) is 0 Å². The van der Waals surface area contributed by atoms with Crippen molar-refractivity contribution in [2.24, 2.45) is 0 Å². The Bertz CT molecular complexity index is 626. The van der Waals surface area contributed by atoms with Gasteiger partial charge in [0.15, 0.2) is 6.19 Å². The minimum absolute atomic E-state index is 0.490. The summed E-state index contributed by atoms with van der Waals surface area (Å²) in [7, 11) is 0. The Kier molecular flexibility index (Phi) is 2.39. The van der Waals surface area contributed by atoms with Gasteiger partial charge < -0.3 is 0 Å². The van der Waals surface area contributed by atoms with Crippen LogP contribution in [0.1, 0.15) is 11.3 Å². The summed E-state index contributed by atoms with van der Waals surface area (Å²) in [5, 5.41) is 10.9. The highest BCUT2D eigenvalue weighted by Crippen LogP contribution is 2.27. The molecule has 17 heavy (non-hydrogen) atoms. The standard InChI is InChI=1S/C12H7N3S2/c13-7-15-6-10-8(12(15)16)3-4-9(14-10)11-2-1-5-17-11/h1-5H,6H2. The minimum atomic E-state index is 0.490. The second-order valence-electron chi connectivity index (χ2n) is 3.66. The van der Waals surface area contributed by atoms with Crippen molar-refractivity contribution in [1.29, 1.82) is 5.26 Å². The van der Waals surface area contributed by atoms with Crippen molar-refractivity contribution in [1.82, 2.24) is 9.88 Å². The third kappa shape index (κ3) is 1.62. The van der Waals surface area contributed by atoms with E-state index >= 15 is 0 Å². The van der Waals surface area contributed by atoms with E-state index in [4.69, 9.17) is 17.5 Å². The van der Waals surface area contributed by atoms with Crippen molar-refractivity contribution in [3.8, 4) is 16.8 Å². The summed E-state index contributed by atoms with van der Waals surface area (Å²) in [5.74, 6) is 0. The molecule has 0 fully saturated rings. The van der Waals surface area contributed by atoms with Crippen LogP contribution in [0.4, 0.5) is 0 Å². The Morgan fingerprint density at radius 3 is 3.00 bits per heavy atom. The Morgan fingerprint density at radius 1 is 1.41 bits per heavy atom. The van der Waals surface area contributed by atoms with Crippen LogP contribution < -0.4 is 0 Å². The molecular formula is C12H7N3S2. The maximum atomic E-state index is 8.92. The lowest BCUT2D eigenvalue weighted by Crippen LogP contribution is -2.15. The van der Waals surface area contributed by atoms with E-state index in [0.29, 0.717) is 11.5 Å². The number of nitriles is 1. The van der Waals surface area contributed by atoms with Gasteiger partial charge in [0, 0.05) is 5.56 Å². The van der Waals surface area contributed by atoms with Crippen LogP contribution >= 0.6 is 23.6 Å². The summed E-state index contributed by atoms with van der Waals surface area (Å²) < 4.78 is 0. The zero-order chi connectivity index (χ0) is 11.8. The molecule has 0 saturated heterocycles. The van der Waals surface area contributed by atoms with Crippen LogP contribution in [-0.4, -0.2) is 14.9 Å². The van der Waals surface area contributed by atoms with E-state index in [9.17, 15) is 0 Å². The molecule has 0 atom stereocenters. The van der Waals surface area contributed by atoms with Gasteiger partial charge in [-0.15, -0.1) is 11.3 Å². The van der Waals surface area contributed by atoms with Crippen molar-refractivity contribution < 1.29 is 0 Å². The Hall–Kier alpha value is -1.77. The molecule has 0 radical (unpaired) electrons. The Labute approximate surface area is 108 Å². The van der Waals surface area contributed by atoms with Gasteiger partial charge in [0.05, 0.1) is 22.8 Å². The summed E-state index contributed by atoms with van der Waals surface area (Å²) >= 11 is 6.86. The number of thiocarbonyl (C=S) groups is 1. The fourth-order valence-electron chi connectivity index (χ4n) is 1.83. The third-order valence-corrected chi connectivity index (χ3v) is 3.98. The molecule has 82 valence electrons. The number of hydrogen-bond donors (Lipinski definition) is 0. The van der Waals surface area contributed by atoms with Crippen LogP contribution in [-0.2, 0) is 6.54 Å². The predicted octanol–water partition coefficient (Wildman–Crippen LogP) is 2.78. The number of pyridine rings is 1. The fraction of sp³-hybridized carbons (Fsp3) is 0.0833. The zero-order valence-corrected chi connectivity index (χ0v) is 10.4. The van der Waals surface area contributed by atoms with Crippen molar-refractivity contribution in [3.05, 3.63) is 40.9 Å². The smallest absolute Gasteiger partial charge is 0.185 e. The van der Waals surface area contributed by atoms with Crippen molar-refractivity contribution in [2.75, 3.05) is 0 Å². The van der Waals surface area contributed by atoms with Gasteiger partial charge in [0.1, 0.15) is 4.99 Å². The molecule has 2 aromatic rings. The van der Waals surface area contributed by atoms with Crippen LogP contribution in [0.5, 0.6) is 0 Å². The van der Waals surface area contributed by atoms with Crippen LogP contribution in [0.25, 0.3) is 10.6 Å². The molecule has 0 aromatic carbocycles. The van der Waals surface area contributed by atoms with Gasteiger partial charge in [-0.2, -0.15) is 5.26 Å². The Balaban J connectivity index is 2.06. The number of nitrogens with zero attached hydrogens (tertiary/aromatic N) is 3. The van der Waals surface area contributed by atoms with Crippen molar-refractivity contribution >= 4 is 28.5 Å². The molecule has 0 unspecified atom stereocenters. The van der Waals surface area contributed by atoms with E-state index in [2.05, 4.69) is 11.2 Å². The van der Waals surface area contributed by atoms with Gasteiger partial charge >= 0.3 is 0 Å². The molecule has 1 aliphatic rings. The third-order valence-electron chi connectivity index (χ3n) is 2.65. The first-order chi connectivity index (χ1) is 8.29. The Morgan fingerprint density at radius 2 is 2.29 bits per heavy atom. The molecule has 1 aliphatic heterocycles. The van der Waals surface area contributed by atoms with Crippen LogP contribution in [0, 0.1) is 11.5 Å². The number of fused-ring (bicyclic) bond motifs is 1. The second kappa shape index (κ2) is 3.91. The highest BCUT2D eigenvalue weighted by atomic mass is 32.1. The van der Waals surface area contributed by atoms with E-state index in [1.165, 1.54) is 4.90 Å². The average Bonchev–Trinajstić information content (AvgIpc) is 2.97. The van der Waals surface area contributed by atoms with E-state index < -0.39 is 0 Å². The van der Waals surface area contributed by atoms with Crippen molar-refractivity contribution in [2.45, 2.75) is 6.54 Å². The maximum absolute atomic E-state index is 8.92. The predicted molar refractivity (Wildman–Crippen MR) is 70.4 cm³/mol. The highest BCUT2D eigenvalue weighted by Gasteiger charge is 2.25. The lowest BCUT2D eigenvalue weighted by Gasteiger charge is -2.02. The summed E-state index contributed by atoms with van der Waals surface area (Å²) in [6.45, 7) is 0.490. The van der Waals surface area contributed by atoms with E-state index in [1.54, 1.807) is 11.3 Å². The molecule has 5 heteroatoms. The summed E-state index contributed by atoms with van der Waals surface area (Å²) in [6, 6.07) is 7.95. The normalized spacial score (nSPS) is 13.6. The molecule has 3 rings (SSSR count). The van der Waals surface area contributed by atoms with Crippen LogP contribution in [0.2, 0.25) is 0 Å². The maximum Gasteiger partial charge on any atom is 0.185 e. The van der Waals surface area contributed by atoms with Gasteiger partial charge in [0.2, 0.25) is 0 Å². The van der Waals surface area contributed by atoms with Crippen LogP contribution in [0.15, 0.2) is 29.6 Å². The molecule has 2 aromatic heterocycles. The second-order valence-corrected chi connectivity index (χ2v) is 4.99. The average molecular weight is 257 g/mol. The zero-order valence-electron chi connectivity index (χ0n) is 8.75. The largest absolute Gasteiger partial charge is 0.263 e. The molecule has 0 spiro atoms. The van der Waals surface area contributed by atoms with Gasteiger partial charge in [-0.1, -0.05) is 18.3 Å². The quantitative estimate of drug-likeness (QED) is 0.582. The summed E-state index contributed by atoms with van der Waals surface area (Å²) in [4.78, 5) is 7.78. The highest BCUT2D eigenvalue weighted by molar-refractivity contribution is 7.80. The number of aromatic nitrogens is 1. The lowest BCUT2D eigenvalue weighted by atomic mass is 10.2. The molecule has 0 aliphatic carbocycles. The molecular weight excluding hydrogens is 250 g/mol. The topological polar surface area (TPSA) is 39.9 Å². The molecule has 0 N–H and O–H groups in total. The number of rotatable bonds is 1. The molecule has 0 amide bonds. The van der Waals surface area contributed by atoms with Gasteiger partial charge in [-0.3, -0.25) is 4.90 Å². The minimum Gasteiger partial charge on any atom is -0.263 e. The number of thiophene rings is 1. The monoisotopic (exact) mass is 257 g/mol. The fourth-order valence-corrected chi connectivity index (χ4v) is 2.81. The van der Waals surface area contributed by atoms with Gasteiger partial charge in [-0.25, -0.2) is 4.98 Å². The van der Waals surface area contributed by atoms with Gasteiger partial charge in [0.25, 0.3) is 0 Å². The van der Waals surface area contributed by atoms with Crippen molar-refractivity contribution in [3.63, 3.8) is 0 Å². The lowest BCUT2D eigenvalue weighted by molar-refractivity contribution is 0.598. The molecule has 3 heterocycles. The van der Waals surface area contributed by atoms with Crippen LogP contribution in [0.3, 0.4) is 0 Å². The summed E-state index contributed by atoms with van der Waals surface area (Å²) in [6.07, 6.45) is 2.07. The molecule has 0 saturated carbocycles. The SMILES string of the molecule is N#CN1Cc2nc(-c3cccs3)ccc2C1=S. The van der Waals surface area contributed by atoms with Gasteiger partial charge in [-0.05, 0) is 23.6 Å². The first kappa shape index (κ1) is 10.4.